The molecule has 0 N–H and O–H groups in total. The predicted molar refractivity (Wildman–Crippen MR) is 113 cm³/mol. The van der Waals surface area contributed by atoms with Crippen LogP contribution in [0.25, 0.3) is 0 Å². The largest absolute Gasteiger partial charge is 0.400 e. The van der Waals surface area contributed by atoms with Gasteiger partial charge >= 0.3 is 6.18 Å². The van der Waals surface area contributed by atoms with Crippen molar-refractivity contribution in [1.29, 1.82) is 0 Å². The van der Waals surface area contributed by atoms with E-state index in [-0.39, 0.29) is 40.1 Å². The van der Waals surface area contributed by atoms with Gasteiger partial charge < -0.3 is 4.90 Å². The number of halogens is 7. The lowest BCUT2D eigenvalue weighted by Crippen LogP contribution is -2.44. The minimum atomic E-state index is -4.48. The van der Waals surface area contributed by atoms with Crippen LogP contribution in [0.15, 0.2) is 39.8 Å². The van der Waals surface area contributed by atoms with Gasteiger partial charge in [-0.2, -0.15) is 13.2 Å². The minimum Gasteiger partial charge on any atom is -0.370 e. The molecule has 0 spiro atoms. The summed E-state index contributed by atoms with van der Waals surface area (Å²) in [5.74, 6) is 0. The molecule has 2 aromatic carbocycles. The number of hydrogen-bond acceptors (Lipinski definition) is 2. The SMILES string of the molecule is C=NCc1ccc(N2CCC(c3cc(Cl)c(Cl)c(Cl)c3)(C(F)(F)F)C2)cc1Br. The molecular formula is C19H15BrCl3F3N2. The predicted octanol–water partition coefficient (Wildman–Crippen LogP) is 7.32. The Morgan fingerprint density at radius 2 is 1.79 bits per heavy atom. The Bertz CT molecular complexity index is 897. The molecule has 1 aliphatic rings. The Kier molecular flexibility index (Phi) is 6.26. The van der Waals surface area contributed by atoms with Gasteiger partial charge in [-0.15, -0.1) is 0 Å². The minimum absolute atomic E-state index is 0.00950. The van der Waals surface area contributed by atoms with Crippen LogP contribution in [0, 0.1) is 0 Å². The maximum absolute atomic E-state index is 14.2. The molecule has 0 aromatic heterocycles. The Hall–Kier alpha value is -0.950. The highest BCUT2D eigenvalue weighted by molar-refractivity contribution is 9.10. The Labute approximate surface area is 184 Å². The fraction of sp³-hybridized carbons (Fsp3) is 0.316. The molecule has 1 atom stereocenters. The molecule has 28 heavy (non-hydrogen) atoms. The molecule has 150 valence electrons. The maximum atomic E-state index is 14.2. The summed E-state index contributed by atoms with van der Waals surface area (Å²) in [7, 11) is 0. The van der Waals surface area contributed by atoms with Crippen LogP contribution >= 0.6 is 50.7 Å². The number of hydrogen-bond donors (Lipinski definition) is 0. The van der Waals surface area contributed by atoms with E-state index in [0.717, 1.165) is 10.0 Å². The lowest BCUT2D eigenvalue weighted by molar-refractivity contribution is -0.184. The first-order valence-electron chi connectivity index (χ1n) is 8.26. The van der Waals surface area contributed by atoms with E-state index in [0.29, 0.717) is 12.2 Å². The van der Waals surface area contributed by atoms with Crippen LogP contribution in [0.4, 0.5) is 18.9 Å². The fourth-order valence-corrected chi connectivity index (χ4v) is 4.56. The van der Waals surface area contributed by atoms with Gasteiger partial charge in [-0.3, -0.25) is 4.99 Å². The molecule has 1 fully saturated rings. The normalized spacial score (nSPS) is 19.9. The van der Waals surface area contributed by atoms with Crippen molar-refractivity contribution in [3.05, 3.63) is 61.0 Å². The van der Waals surface area contributed by atoms with E-state index in [1.807, 2.05) is 6.07 Å². The van der Waals surface area contributed by atoms with E-state index < -0.39 is 11.6 Å². The van der Waals surface area contributed by atoms with Gasteiger partial charge in [-0.1, -0.05) is 56.8 Å². The summed E-state index contributed by atoms with van der Waals surface area (Å²) in [6, 6.07) is 7.95. The lowest BCUT2D eigenvalue weighted by Gasteiger charge is -2.33. The van der Waals surface area contributed by atoms with Crippen LogP contribution in [-0.4, -0.2) is 26.0 Å². The van der Waals surface area contributed by atoms with E-state index in [1.165, 1.54) is 12.1 Å². The third-order valence-corrected chi connectivity index (χ3v) is 6.97. The molecule has 1 heterocycles. The highest BCUT2D eigenvalue weighted by Gasteiger charge is 2.59. The summed E-state index contributed by atoms with van der Waals surface area (Å²) in [6.45, 7) is 3.88. The summed E-state index contributed by atoms with van der Waals surface area (Å²) in [5.41, 5.74) is -0.458. The van der Waals surface area contributed by atoms with E-state index in [2.05, 4.69) is 27.6 Å². The van der Waals surface area contributed by atoms with Crippen molar-refractivity contribution in [2.45, 2.75) is 24.6 Å². The molecule has 2 nitrogen and oxygen atoms in total. The zero-order valence-electron chi connectivity index (χ0n) is 14.5. The molecule has 9 heteroatoms. The van der Waals surface area contributed by atoms with Crippen LogP contribution in [0.1, 0.15) is 17.5 Å². The first-order valence-corrected chi connectivity index (χ1v) is 10.2. The third-order valence-electron chi connectivity index (χ3n) is 5.03. The number of rotatable bonds is 4. The van der Waals surface area contributed by atoms with Crippen molar-refractivity contribution in [3.8, 4) is 0 Å². The lowest BCUT2D eigenvalue weighted by atomic mass is 9.79. The highest BCUT2D eigenvalue weighted by atomic mass is 79.9. The average molecular weight is 515 g/mol. The van der Waals surface area contributed by atoms with Gasteiger partial charge in [-0.25, -0.2) is 0 Å². The summed E-state index contributed by atoms with van der Waals surface area (Å²) in [6.07, 6.45) is -4.59. The van der Waals surface area contributed by atoms with Crippen molar-refractivity contribution in [2.75, 3.05) is 18.0 Å². The van der Waals surface area contributed by atoms with Gasteiger partial charge in [0.2, 0.25) is 0 Å². The van der Waals surface area contributed by atoms with Crippen LogP contribution < -0.4 is 4.90 Å². The fourth-order valence-electron chi connectivity index (χ4n) is 3.47. The van der Waals surface area contributed by atoms with Crippen molar-refractivity contribution in [2.24, 2.45) is 4.99 Å². The summed E-state index contributed by atoms with van der Waals surface area (Å²) in [4.78, 5) is 5.54. The Balaban J connectivity index is 2.00. The van der Waals surface area contributed by atoms with E-state index in [4.69, 9.17) is 34.8 Å². The summed E-state index contributed by atoms with van der Waals surface area (Å²) >= 11 is 21.4. The second-order valence-electron chi connectivity index (χ2n) is 6.66. The monoisotopic (exact) mass is 512 g/mol. The van der Waals surface area contributed by atoms with Crippen LogP contribution in [-0.2, 0) is 12.0 Å². The molecule has 1 aliphatic heterocycles. The van der Waals surface area contributed by atoms with Crippen molar-refractivity contribution < 1.29 is 13.2 Å². The van der Waals surface area contributed by atoms with E-state index in [9.17, 15) is 13.2 Å². The zero-order chi connectivity index (χ0) is 20.7. The van der Waals surface area contributed by atoms with Gasteiger partial charge in [0.05, 0.1) is 21.6 Å². The molecule has 0 saturated carbocycles. The van der Waals surface area contributed by atoms with Gasteiger partial charge in [-0.05, 0) is 48.5 Å². The zero-order valence-corrected chi connectivity index (χ0v) is 18.3. The Morgan fingerprint density at radius 1 is 1.14 bits per heavy atom. The number of nitrogens with zero attached hydrogens (tertiary/aromatic N) is 2. The molecule has 0 aliphatic carbocycles. The third kappa shape index (κ3) is 3.89. The molecule has 1 unspecified atom stereocenters. The second kappa shape index (κ2) is 8.05. The topological polar surface area (TPSA) is 15.6 Å². The first kappa shape index (κ1) is 21.8. The van der Waals surface area contributed by atoms with Crippen molar-refractivity contribution in [1.82, 2.24) is 0 Å². The van der Waals surface area contributed by atoms with Gasteiger partial charge in [0, 0.05) is 23.2 Å². The molecule has 0 bridgehead atoms. The van der Waals surface area contributed by atoms with E-state index >= 15 is 0 Å². The second-order valence-corrected chi connectivity index (χ2v) is 8.71. The quantitative estimate of drug-likeness (QED) is 0.308. The first-order chi connectivity index (χ1) is 13.1. The Morgan fingerprint density at radius 3 is 2.32 bits per heavy atom. The molecule has 0 radical (unpaired) electrons. The van der Waals surface area contributed by atoms with E-state index in [1.54, 1.807) is 17.0 Å². The smallest absolute Gasteiger partial charge is 0.370 e. The highest BCUT2D eigenvalue weighted by Crippen LogP contribution is 2.50. The number of benzene rings is 2. The number of alkyl halides is 3. The molecule has 3 rings (SSSR count). The summed E-state index contributed by atoms with van der Waals surface area (Å²) < 4.78 is 43.4. The van der Waals surface area contributed by atoms with Crippen LogP contribution in [0.3, 0.4) is 0 Å². The average Bonchev–Trinajstić information content (AvgIpc) is 3.08. The van der Waals surface area contributed by atoms with Crippen molar-refractivity contribution >= 4 is 63.1 Å². The molecular weight excluding hydrogens is 499 g/mol. The van der Waals surface area contributed by atoms with Crippen molar-refractivity contribution in [3.63, 3.8) is 0 Å². The molecule has 0 amide bonds. The van der Waals surface area contributed by atoms with Crippen LogP contribution in [0.2, 0.25) is 15.1 Å². The number of anilines is 1. The van der Waals surface area contributed by atoms with Gasteiger partial charge in [0.1, 0.15) is 5.41 Å². The van der Waals surface area contributed by atoms with Crippen LogP contribution in [0.5, 0.6) is 0 Å². The van der Waals surface area contributed by atoms with Gasteiger partial charge in [0.15, 0.2) is 0 Å². The summed E-state index contributed by atoms with van der Waals surface area (Å²) in [5, 5.41) is 0.0696. The van der Waals surface area contributed by atoms with Gasteiger partial charge in [0.25, 0.3) is 0 Å². The number of aliphatic imine (C=N–C) groups is 1. The molecule has 1 saturated heterocycles. The molecule has 2 aromatic rings. The standard InChI is InChI=1S/C19H15BrCl3F3N2/c1-27-9-11-2-3-13(8-14(11)20)28-5-4-18(10-28,19(24,25)26)12-6-15(21)17(23)16(22)7-12/h2-3,6-8H,1,4-5,9-10H2. The maximum Gasteiger partial charge on any atom is 0.400 e.